The Hall–Kier alpha value is -1.74. The predicted molar refractivity (Wildman–Crippen MR) is 91.9 cm³/mol. The second-order valence-corrected chi connectivity index (χ2v) is 6.38. The second-order valence-electron chi connectivity index (χ2n) is 5.47. The third-order valence-corrected chi connectivity index (χ3v) is 4.19. The van der Waals surface area contributed by atoms with E-state index in [0.29, 0.717) is 0 Å². The van der Waals surface area contributed by atoms with Crippen molar-refractivity contribution in [2.24, 2.45) is 0 Å². The van der Waals surface area contributed by atoms with Crippen LogP contribution < -0.4 is 5.32 Å². The molecule has 0 bridgehead atoms. The Kier molecular flexibility index (Phi) is 3.77. The SMILES string of the molecule is Cc1cc(Br)cc(C)c1NC(C)c1cc2ccccc2o1. The van der Waals surface area contributed by atoms with Crippen LogP contribution in [-0.4, -0.2) is 0 Å². The summed E-state index contributed by atoms with van der Waals surface area (Å²) >= 11 is 3.54. The van der Waals surface area contributed by atoms with Gasteiger partial charge in [-0.2, -0.15) is 0 Å². The van der Waals surface area contributed by atoms with E-state index in [2.05, 4.69) is 66.3 Å². The molecule has 2 nitrogen and oxygen atoms in total. The third kappa shape index (κ3) is 2.84. The van der Waals surface area contributed by atoms with Gasteiger partial charge in [-0.3, -0.25) is 0 Å². The number of aryl methyl sites for hydroxylation is 2. The number of furan rings is 1. The van der Waals surface area contributed by atoms with Gasteiger partial charge in [0, 0.05) is 15.5 Å². The number of fused-ring (bicyclic) bond motifs is 1. The molecule has 0 saturated carbocycles. The van der Waals surface area contributed by atoms with Crippen molar-refractivity contribution < 1.29 is 4.42 Å². The number of hydrogen-bond donors (Lipinski definition) is 1. The lowest BCUT2D eigenvalue weighted by atomic mass is 10.1. The van der Waals surface area contributed by atoms with Gasteiger partial charge < -0.3 is 9.73 Å². The van der Waals surface area contributed by atoms with E-state index in [0.717, 1.165) is 21.2 Å². The fourth-order valence-electron chi connectivity index (χ4n) is 2.64. The first-order valence-electron chi connectivity index (χ1n) is 7.06. The lowest BCUT2D eigenvalue weighted by Crippen LogP contribution is -2.08. The molecule has 0 aliphatic rings. The monoisotopic (exact) mass is 343 g/mol. The summed E-state index contributed by atoms with van der Waals surface area (Å²) in [5.41, 5.74) is 4.56. The highest BCUT2D eigenvalue weighted by atomic mass is 79.9. The number of rotatable bonds is 3. The molecule has 21 heavy (non-hydrogen) atoms. The van der Waals surface area contributed by atoms with Gasteiger partial charge in [0.05, 0.1) is 6.04 Å². The normalized spacial score (nSPS) is 12.6. The molecule has 2 aromatic carbocycles. The van der Waals surface area contributed by atoms with Crippen molar-refractivity contribution in [1.82, 2.24) is 0 Å². The van der Waals surface area contributed by atoms with Gasteiger partial charge in [-0.25, -0.2) is 0 Å². The van der Waals surface area contributed by atoms with Gasteiger partial charge in [-0.1, -0.05) is 34.1 Å². The number of halogens is 1. The highest BCUT2D eigenvalue weighted by Gasteiger charge is 2.13. The van der Waals surface area contributed by atoms with Crippen molar-refractivity contribution >= 4 is 32.6 Å². The maximum Gasteiger partial charge on any atom is 0.134 e. The topological polar surface area (TPSA) is 25.2 Å². The highest BCUT2D eigenvalue weighted by molar-refractivity contribution is 9.10. The minimum Gasteiger partial charge on any atom is -0.459 e. The van der Waals surface area contributed by atoms with Crippen LogP contribution in [0.1, 0.15) is 29.9 Å². The van der Waals surface area contributed by atoms with E-state index >= 15 is 0 Å². The first kappa shape index (κ1) is 14.2. The lowest BCUT2D eigenvalue weighted by molar-refractivity contribution is 0.526. The Morgan fingerprint density at radius 3 is 2.38 bits per heavy atom. The Morgan fingerprint density at radius 2 is 1.71 bits per heavy atom. The molecule has 108 valence electrons. The predicted octanol–water partition coefficient (Wildman–Crippen LogP) is 5.99. The minimum absolute atomic E-state index is 0.121. The van der Waals surface area contributed by atoms with Crippen molar-refractivity contribution in [2.45, 2.75) is 26.8 Å². The number of para-hydroxylation sites is 1. The fourth-order valence-corrected chi connectivity index (χ4v) is 3.33. The third-order valence-electron chi connectivity index (χ3n) is 3.73. The summed E-state index contributed by atoms with van der Waals surface area (Å²) in [6.45, 7) is 6.36. The van der Waals surface area contributed by atoms with Crippen molar-refractivity contribution in [2.75, 3.05) is 5.32 Å². The van der Waals surface area contributed by atoms with Crippen LogP contribution in [0.25, 0.3) is 11.0 Å². The first-order chi connectivity index (χ1) is 10.0. The van der Waals surface area contributed by atoms with Crippen molar-refractivity contribution in [1.29, 1.82) is 0 Å². The van der Waals surface area contributed by atoms with E-state index in [4.69, 9.17) is 4.42 Å². The molecule has 0 amide bonds. The molecule has 0 spiro atoms. The van der Waals surface area contributed by atoms with Crippen molar-refractivity contribution in [3.05, 3.63) is 63.8 Å². The minimum atomic E-state index is 0.121. The summed E-state index contributed by atoms with van der Waals surface area (Å²) in [7, 11) is 0. The van der Waals surface area contributed by atoms with Gasteiger partial charge in [0.1, 0.15) is 11.3 Å². The van der Waals surface area contributed by atoms with E-state index in [1.807, 2.05) is 18.2 Å². The first-order valence-corrected chi connectivity index (χ1v) is 7.85. The Labute approximate surface area is 133 Å². The molecule has 0 aliphatic heterocycles. The lowest BCUT2D eigenvalue weighted by Gasteiger charge is -2.17. The van der Waals surface area contributed by atoms with Crippen LogP contribution >= 0.6 is 15.9 Å². The van der Waals surface area contributed by atoms with Gasteiger partial charge in [0.25, 0.3) is 0 Å². The smallest absolute Gasteiger partial charge is 0.134 e. The van der Waals surface area contributed by atoms with Gasteiger partial charge in [-0.05, 0) is 56.2 Å². The van der Waals surface area contributed by atoms with Crippen molar-refractivity contribution in [3.63, 3.8) is 0 Å². The number of nitrogens with one attached hydrogen (secondary N) is 1. The molecule has 1 N–H and O–H groups in total. The number of hydrogen-bond acceptors (Lipinski definition) is 2. The quantitative estimate of drug-likeness (QED) is 0.632. The van der Waals surface area contributed by atoms with Crippen LogP contribution in [-0.2, 0) is 0 Å². The molecular weight excluding hydrogens is 326 g/mol. The average molecular weight is 344 g/mol. The van der Waals surface area contributed by atoms with Gasteiger partial charge in [0.2, 0.25) is 0 Å². The van der Waals surface area contributed by atoms with Gasteiger partial charge >= 0.3 is 0 Å². The molecule has 0 aliphatic carbocycles. The fraction of sp³-hybridized carbons (Fsp3) is 0.222. The molecule has 0 saturated heterocycles. The molecule has 3 heteroatoms. The van der Waals surface area contributed by atoms with Crippen LogP contribution in [0, 0.1) is 13.8 Å². The zero-order valence-corrected chi connectivity index (χ0v) is 14.0. The van der Waals surface area contributed by atoms with Crippen LogP contribution in [0.15, 0.2) is 51.4 Å². The molecule has 1 aromatic heterocycles. The van der Waals surface area contributed by atoms with Crippen molar-refractivity contribution in [3.8, 4) is 0 Å². The van der Waals surface area contributed by atoms with Crippen LogP contribution in [0.2, 0.25) is 0 Å². The van der Waals surface area contributed by atoms with E-state index < -0.39 is 0 Å². The molecule has 0 fully saturated rings. The number of benzene rings is 2. The molecule has 1 heterocycles. The summed E-state index contributed by atoms with van der Waals surface area (Å²) in [4.78, 5) is 0. The molecule has 3 rings (SSSR count). The van der Waals surface area contributed by atoms with Gasteiger partial charge in [-0.15, -0.1) is 0 Å². The molecule has 1 atom stereocenters. The van der Waals surface area contributed by atoms with Crippen LogP contribution in [0.5, 0.6) is 0 Å². The van der Waals surface area contributed by atoms with E-state index in [9.17, 15) is 0 Å². The zero-order chi connectivity index (χ0) is 15.0. The van der Waals surface area contributed by atoms with Crippen LogP contribution in [0.4, 0.5) is 5.69 Å². The molecular formula is C18H18BrNO. The summed E-state index contributed by atoms with van der Waals surface area (Å²) in [5, 5.41) is 4.71. The standard InChI is InChI=1S/C18H18BrNO/c1-11-8-15(19)9-12(2)18(11)20-13(3)17-10-14-6-4-5-7-16(14)21-17/h4-10,13,20H,1-3H3. The Morgan fingerprint density at radius 1 is 1.05 bits per heavy atom. The summed E-state index contributed by atoms with van der Waals surface area (Å²) in [6, 6.07) is 14.6. The largest absolute Gasteiger partial charge is 0.459 e. The maximum atomic E-state index is 5.93. The zero-order valence-electron chi connectivity index (χ0n) is 12.4. The number of anilines is 1. The van der Waals surface area contributed by atoms with E-state index in [1.54, 1.807) is 0 Å². The van der Waals surface area contributed by atoms with Gasteiger partial charge in [0.15, 0.2) is 0 Å². The maximum absolute atomic E-state index is 5.93. The summed E-state index contributed by atoms with van der Waals surface area (Å²) < 4.78 is 7.04. The van der Waals surface area contributed by atoms with E-state index in [-0.39, 0.29) is 6.04 Å². The second kappa shape index (κ2) is 5.57. The van der Waals surface area contributed by atoms with Crippen LogP contribution in [0.3, 0.4) is 0 Å². The average Bonchev–Trinajstić information content (AvgIpc) is 2.86. The molecule has 0 radical (unpaired) electrons. The molecule has 3 aromatic rings. The Bertz CT molecular complexity index is 735. The Balaban J connectivity index is 1.91. The summed E-state index contributed by atoms with van der Waals surface area (Å²) in [6.07, 6.45) is 0. The highest BCUT2D eigenvalue weighted by Crippen LogP contribution is 2.30. The van der Waals surface area contributed by atoms with E-state index in [1.165, 1.54) is 16.8 Å². The molecule has 1 unspecified atom stereocenters. The summed E-state index contributed by atoms with van der Waals surface area (Å²) in [5.74, 6) is 0.956.